The van der Waals surface area contributed by atoms with Crippen LogP contribution in [0.2, 0.25) is 0 Å². The summed E-state index contributed by atoms with van der Waals surface area (Å²) in [5, 5.41) is 7.83. The molecule has 0 aliphatic carbocycles. The fourth-order valence-electron chi connectivity index (χ4n) is 2.08. The Morgan fingerprint density at radius 1 is 1.61 bits per heavy atom. The third-order valence-corrected chi connectivity index (χ3v) is 5.36. The molecular formula is C11H18N2O4S. The molecule has 0 bridgehead atoms. The van der Waals surface area contributed by atoms with Gasteiger partial charge in [-0.2, -0.15) is 9.57 Å². The minimum Gasteiger partial charge on any atom is -0.469 e. The molecule has 7 heteroatoms. The quantitative estimate of drug-likeness (QED) is 0.697. The Kier molecular flexibility index (Phi) is 5.11. The first-order valence-corrected chi connectivity index (χ1v) is 7.44. The first-order valence-electron chi connectivity index (χ1n) is 5.93. The van der Waals surface area contributed by atoms with Crippen molar-refractivity contribution in [2.24, 2.45) is 5.92 Å². The van der Waals surface area contributed by atoms with Crippen LogP contribution in [0.4, 0.5) is 0 Å². The van der Waals surface area contributed by atoms with Crippen molar-refractivity contribution in [1.82, 2.24) is 4.31 Å². The molecule has 0 saturated carbocycles. The highest BCUT2D eigenvalue weighted by Crippen LogP contribution is 2.23. The number of carbonyl (C=O) groups excluding carboxylic acids is 1. The SMILES string of the molecule is CCC(C#N)S(=O)(=O)N1CCCC(C(=O)OC)C1. The topological polar surface area (TPSA) is 87.5 Å². The Hall–Kier alpha value is -1.13. The number of hydrogen-bond acceptors (Lipinski definition) is 5. The third-order valence-electron chi connectivity index (χ3n) is 3.15. The van der Waals surface area contributed by atoms with Gasteiger partial charge in [0, 0.05) is 13.1 Å². The zero-order valence-corrected chi connectivity index (χ0v) is 11.4. The number of hydrogen-bond donors (Lipinski definition) is 0. The second kappa shape index (κ2) is 6.16. The van der Waals surface area contributed by atoms with Gasteiger partial charge in [-0.3, -0.25) is 4.79 Å². The molecule has 102 valence electrons. The lowest BCUT2D eigenvalue weighted by Gasteiger charge is -2.31. The Balaban J connectivity index is 2.84. The van der Waals surface area contributed by atoms with Crippen LogP contribution in [-0.2, 0) is 19.6 Å². The van der Waals surface area contributed by atoms with Crippen LogP contribution in [0.15, 0.2) is 0 Å². The molecule has 2 unspecified atom stereocenters. The molecule has 1 aliphatic heterocycles. The number of sulfonamides is 1. The monoisotopic (exact) mass is 274 g/mol. The van der Waals surface area contributed by atoms with Crippen LogP contribution in [0.1, 0.15) is 26.2 Å². The smallest absolute Gasteiger partial charge is 0.309 e. The van der Waals surface area contributed by atoms with Crippen LogP contribution in [-0.4, -0.2) is 44.1 Å². The number of carbonyl (C=O) groups is 1. The largest absolute Gasteiger partial charge is 0.469 e. The maximum atomic E-state index is 12.2. The van der Waals surface area contributed by atoms with Crippen molar-refractivity contribution in [2.45, 2.75) is 31.4 Å². The molecule has 0 radical (unpaired) electrons. The van der Waals surface area contributed by atoms with E-state index in [9.17, 15) is 13.2 Å². The molecule has 6 nitrogen and oxygen atoms in total. The fourth-order valence-corrected chi connectivity index (χ4v) is 3.77. The van der Waals surface area contributed by atoms with E-state index in [0.29, 0.717) is 19.4 Å². The second-order valence-electron chi connectivity index (χ2n) is 4.29. The number of rotatable bonds is 4. The predicted octanol–water partition coefficient (Wildman–Crippen LogP) is 0.503. The first kappa shape index (κ1) is 14.9. The first-order chi connectivity index (χ1) is 8.47. The van der Waals surface area contributed by atoms with Crippen LogP contribution in [0.5, 0.6) is 0 Å². The minimum atomic E-state index is -3.63. The van der Waals surface area contributed by atoms with Gasteiger partial charge >= 0.3 is 5.97 Å². The highest BCUT2D eigenvalue weighted by molar-refractivity contribution is 7.90. The molecule has 0 aromatic carbocycles. The fraction of sp³-hybridized carbons (Fsp3) is 0.818. The second-order valence-corrected chi connectivity index (χ2v) is 6.41. The molecule has 1 heterocycles. The molecule has 1 fully saturated rings. The average Bonchev–Trinajstić information content (AvgIpc) is 2.39. The number of nitriles is 1. The molecular weight excluding hydrogens is 256 g/mol. The molecule has 0 spiro atoms. The normalized spacial score (nSPS) is 23.1. The molecule has 0 N–H and O–H groups in total. The van der Waals surface area contributed by atoms with Crippen molar-refractivity contribution in [1.29, 1.82) is 5.26 Å². The van der Waals surface area contributed by atoms with E-state index in [1.807, 2.05) is 0 Å². The summed E-state index contributed by atoms with van der Waals surface area (Å²) >= 11 is 0. The summed E-state index contributed by atoms with van der Waals surface area (Å²) in [4.78, 5) is 11.4. The summed E-state index contributed by atoms with van der Waals surface area (Å²) in [7, 11) is -2.34. The number of piperidine rings is 1. The van der Waals surface area contributed by atoms with Crippen molar-refractivity contribution in [2.75, 3.05) is 20.2 Å². The summed E-state index contributed by atoms with van der Waals surface area (Å²) in [6, 6.07) is 1.80. The van der Waals surface area contributed by atoms with Crippen molar-refractivity contribution in [3.63, 3.8) is 0 Å². The van der Waals surface area contributed by atoms with E-state index >= 15 is 0 Å². The Labute approximate surface area is 108 Å². The zero-order chi connectivity index (χ0) is 13.8. The van der Waals surface area contributed by atoms with Crippen molar-refractivity contribution in [3.8, 4) is 6.07 Å². The summed E-state index contributed by atoms with van der Waals surface area (Å²) in [5.74, 6) is -0.811. The Morgan fingerprint density at radius 3 is 2.78 bits per heavy atom. The standard InChI is InChI=1S/C11H18N2O4S/c1-3-10(7-12)18(15,16)13-6-4-5-9(8-13)11(14)17-2/h9-10H,3-6,8H2,1-2H3. The summed E-state index contributed by atoms with van der Waals surface area (Å²) in [5.41, 5.74) is 0. The van der Waals surface area contributed by atoms with Gasteiger partial charge in [0.2, 0.25) is 10.0 Å². The van der Waals surface area contributed by atoms with E-state index < -0.39 is 21.2 Å². The molecule has 0 aromatic rings. The number of methoxy groups -OCH3 is 1. The van der Waals surface area contributed by atoms with Gasteiger partial charge in [0.25, 0.3) is 0 Å². The minimum absolute atomic E-state index is 0.118. The van der Waals surface area contributed by atoms with Crippen LogP contribution in [0, 0.1) is 17.2 Å². The maximum absolute atomic E-state index is 12.2. The molecule has 0 aromatic heterocycles. The van der Waals surface area contributed by atoms with E-state index in [1.165, 1.54) is 11.4 Å². The van der Waals surface area contributed by atoms with Crippen LogP contribution in [0.3, 0.4) is 0 Å². The average molecular weight is 274 g/mol. The Bertz CT molecular complexity index is 440. The molecule has 1 rings (SSSR count). The van der Waals surface area contributed by atoms with Gasteiger partial charge in [0.05, 0.1) is 19.1 Å². The van der Waals surface area contributed by atoms with Gasteiger partial charge in [-0.1, -0.05) is 6.92 Å². The molecule has 18 heavy (non-hydrogen) atoms. The summed E-state index contributed by atoms with van der Waals surface area (Å²) < 4.78 is 30.2. The highest BCUT2D eigenvalue weighted by atomic mass is 32.2. The molecule has 1 aliphatic rings. The van der Waals surface area contributed by atoms with Crippen molar-refractivity contribution in [3.05, 3.63) is 0 Å². The van der Waals surface area contributed by atoms with Crippen molar-refractivity contribution < 1.29 is 17.9 Å². The predicted molar refractivity (Wildman–Crippen MR) is 64.9 cm³/mol. The van der Waals surface area contributed by atoms with E-state index in [-0.39, 0.29) is 18.9 Å². The molecule has 2 atom stereocenters. The maximum Gasteiger partial charge on any atom is 0.309 e. The van der Waals surface area contributed by atoms with Gasteiger partial charge in [-0.15, -0.1) is 0 Å². The third kappa shape index (κ3) is 3.00. The van der Waals surface area contributed by atoms with E-state index in [2.05, 4.69) is 4.74 Å². The highest BCUT2D eigenvalue weighted by Gasteiger charge is 2.36. The zero-order valence-electron chi connectivity index (χ0n) is 10.6. The number of ether oxygens (including phenoxy) is 1. The van der Waals surface area contributed by atoms with Crippen LogP contribution in [0.25, 0.3) is 0 Å². The van der Waals surface area contributed by atoms with E-state index in [4.69, 9.17) is 5.26 Å². The molecule has 1 saturated heterocycles. The number of esters is 1. The van der Waals surface area contributed by atoms with Gasteiger partial charge in [-0.25, -0.2) is 8.42 Å². The van der Waals surface area contributed by atoms with Gasteiger partial charge in [0.1, 0.15) is 0 Å². The summed E-state index contributed by atoms with van der Waals surface area (Å²) in [6.07, 6.45) is 1.49. The van der Waals surface area contributed by atoms with Gasteiger partial charge in [-0.05, 0) is 19.3 Å². The Morgan fingerprint density at radius 2 is 2.28 bits per heavy atom. The van der Waals surface area contributed by atoms with E-state index in [1.54, 1.807) is 13.0 Å². The van der Waals surface area contributed by atoms with Gasteiger partial charge in [0.15, 0.2) is 5.25 Å². The van der Waals surface area contributed by atoms with Gasteiger partial charge < -0.3 is 4.74 Å². The lowest BCUT2D eigenvalue weighted by molar-refractivity contribution is -0.146. The van der Waals surface area contributed by atoms with Crippen LogP contribution >= 0.6 is 0 Å². The molecule has 0 amide bonds. The lowest BCUT2D eigenvalue weighted by Crippen LogP contribution is -2.46. The number of nitrogens with zero attached hydrogens (tertiary/aromatic N) is 2. The summed E-state index contributed by atoms with van der Waals surface area (Å²) in [6.45, 7) is 2.15. The van der Waals surface area contributed by atoms with E-state index in [0.717, 1.165) is 0 Å². The van der Waals surface area contributed by atoms with Crippen LogP contribution < -0.4 is 0 Å². The lowest BCUT2D eigenvalue weighted by atomic mass is 10.0. The van der Waals surface area contributed by atoms with Crippen molar-refractivity contribution >= 4 is 16.0 Å².